The summed E-state index contributed by atoms with van der Waals surface area (Å²) >= 11 is 0. The molecule has 23 heavy (non-hydrogen) atoms. The number of sulfonamides is 1. The Kier molecular flexibility index (Phi) is 7.02. The summed E-state index contributed by atoms with van der Waals surface area (Å²) < 4.78 is 25.2. The second-order valence-electron chi connectivity index (χ2n) is 6.04. The molecule has 1 N–H and O–H groups in total. The molecular formula is C16H27N3O3S. The Hall–Kier alpha value is -1.60. The molecule has 1 amide bonds. The zero-order valence-electron chi connectivity index (χ0n) is 14.6. The summed E-state index contributed by atoms with van der Waals surface area (Å²) in [5.74, 6) is -0.299. The Balaban J connectivity index is 2.76. The minimum atomic E-state index is -3.52. The summed E-state index contributed by atoms with van der Waals surface area (Å²) in [6.07, 6.45) is 1.93. The maximum absolute atomic E-state index is 12.0. The molecule has 7 heteroatoms. The molecule has 130 valence electrons. The van der Waals surface area contributed by atoms with Gasteiger partial charge in [-0.15, -0.1) is 0 Å². The van der Waals surface area contributed by atoms with Gasteiger partial charge in [-0.1, -0.05) is 6.07 Å². The van der Waals surface area contributed by atoms with E-state index in [9.17, 15) is 13.2 Å². The molecule has 0 heterocycles. The molecule has 6 nitrogen and oxygen atoms in total. The number of hydrogen-bond donors (Lipinski definition) is 1. The highest BCUT2D eigenvalue weighted by molar-refractivity contribution is 7.92. The molecule has 1 aromatic rings. The number of rotatable bonds is 8. The molecule has 0 aliphatic heterocycles. The van der Waals surface area contributed by atoms with E-state index in [1.54, 1.807) is 12.1 Å². The van der Waals surface area contributed by atoms with E-state index in [-0.39, 0.29) is 12.5 Å². The number of aryl methyl sites for hydroxylation is 2. The highest BCUT2D eigenvalue weighted by Crippen LogP contribution is 2.20. The molecule has 0 aliphatic rings. The maximum Gasteiger partial charge on any atom is 0.240 e. The van der Waals surface area contributed by atoms with Crippen molar-refractivity contribution in [2.45, 2.75) is 20.3 Å². The Morgan fingerprint density at radius 2 is 1.83 bits per heavy atom. The molecule has 0 saturated heterocycles. The van der Waals surface area contributed by atoms with Gasteiger partial charge in [0, 0.05) is 6.54 Å². The van der Waals surface area contributed by atoms with E-state index in [4.69, 9.17) is 0 Å². The van der Waals surface area contributed by atoms with Gasteiger partial charge in [-0.2, -0.15) is 0 Å². The van der Waals surface area contributed by atoms with E-state index in [1.807, 2.05) is 38.9 Å². The number of nitrogens with zero attached hydrogens (tertiary/aromatic N) is 2. The quantitative estimate of drug-likeness (QED) is 0.720. The van der Waals surface area contributed by atoms with Crippen molar-refractivity contribution in [3.05, 3.63) is 29.3 Å². The third-order valence-electron chi connectivity index (χ3n) is 3.57. The van der Waals surface area contributed by atoms with Gasteiger partial charge in [0.25, 0.3) is 0 Å². The van der Waals surface area contributed by atoms with E-state index in [1.165, 1.54) is 0 Å². The predicted octanol–water partition coefficient (Wildman–Crippen LogP) is 1.14. The average Bonchev–Trinajstić information content (AvgIpc) is 2.43. The second-order valence-corrected chi connectivity index (χ2v) is 7.95. The molecule has 0 saturated carbocycles. The molecule has 0 atom stereocenters. The number of carbonyl (C=O) groups excluding carboxylic acids is 1. The molecular weight excluding hydrogens is 314 g/mol. The van der Waals surface area contributed by atoms with Gasteiger partial charge < -0.3 is 10.2 Å². The normalized spacial score (nSPS) is 11.6. The Bertz CT molecular complexity index is 642. The number of benzene rings is 1. The average molecular weight is 341 g/mol. The third-order valence-corrected chi connectivity index (χ3v) is 4.71. The summed E-state index contributed by atoms with van der Waals surface area (Å²) in [7, 11) is 0.408. The van der Waals surface area contributed by atoms with Crippen LogP contribution in [0.3, 0.4) is 0 Å². The Labute approximate surface area is 139 Å². The topological polar surface area (TPSA) is 69.7 Å². The largest absolute Gasteiger partial charge is 0.354 e. The molecule has 0 aliphatic carbocycles. The van der Waals surface area contributed by atoms with Gasteiger partial charge in [0.15, 0.2) is 0 Å². The zero-order valence-corrected chi connectivity index (χ0v) is 15.4. The van der Waals surface area contributed by atoms with Gasteiger partial charge in [-0.05, 0) is 64.2 Å². The van der Waals surface area contributed by atoms with Crippen molar-refractivity contribution in [3.63, 3.8) is 0 Å². The van der Waals surface area contributed by atoms with Crippen molar-refractivity contribution in [2.24, 2.45) is 0 Å². The minimum Gasteiger partial charge on any atom is -0.354 e. The van der Waals surface area contributed by atoms with Crippen molar-refractivity contribution in [3.8, 4) is 0 Å². The standard InChI is InChI=1S/C16H27N3O3S/c1-13-7-8-15(11-14(13)2)19(23(5,21)22)12-16(20)17-9-6-10-18(3)4/h7-8,11H,6,9-10,12H2,1-5H3,(H,17,20). The van der Waals surface area contributed by atoms with Gasteiger partial charge in [0.1, 0.15) is 6.54 Å². The second kappa shape index (κ2) is 8.31. The van der Waals surface area contributed by atoms with Crippen LogP contribution >= 0.6 is 0 Å². The highest BCUT2D eigenvalue weighted by atomic mass is 32.2. The molecule has 0 aromatic heterocycles. The molecule has 0 fully saturated rings. The zero-order chi connectivity index (χ0) is 17.6. The maximum atomic E-state index is 12.0. The fourth-order valence-corrected chi connectivity index (χ4v) is 2.94. The van der Waals surface area contributed by atoms with Crippen LogP contribution in [0.15, 0.2) is 18.2 Å². The summed E-state index contributed by atoms with van der Waals surface area (Å²) in [6.45, 7) is 5.07. The van der Waals surface area contributed by atoms with Gasteiger partial charge in [-0.3, -0.25) is 9.10 Å². The third kappa shape index (κ3) is 6.58. The molecule has 1 rings (SSSR count). The van der Waals surface area contributed by atoms with E-state index in [0.717, 1.165) is 34.7 Å². The van der Waals surface area contributed by atoms with Crippen LogP contribution < -0.4 is 9.62 Å². The van der Waals surface area contributed by atoms with E-state index in [0.29, 0.717) is 12.2 Å². The number of anilines is 1. The van der Waals surface area contributed by atoms with E-state index >= 15 is 0 Å². The molecule has 0 unspecified atom stereocenters. The smallest absolute Gasteiger partial charge is 0.240 e. The first-order valence-electron chi connectivity index (χ1n) is 7.57. The van der Waals surface area contributed by atoms with Crippen LogP contribution in [0, 0.1) is 13.8 Å². The summed E-state index contributed by atoms with van der Waals surface area (Å²) in [5.41, 5.74) is 2.58. The first kappa shape index (κ1) is 19.4. The van der Waals surface area contributed by atoms with Crippen LogP contribution in [-0.2, 0) is 14.8 Å². The van der Waals surface area contributed by atoms with Gasteiger partial charge in [-0.25, -0.2) is 8.42 Å². The van der Waals surface area contributed by atoms with Crippen molar-refractivity contribution >= 4 is 21.6 Å². The molecule has 0 spiro atoms. The lowest BCUT2D eigenvalue weighted by Gasteiger charge is -2.22. The number of hydrogen-bond acceptors (Lipinski definition) is 4. The number of nitrogens with one attached hydrogen (secondary N) is 1. The molecule has 0 radical (unpaired) electrons. The molecule has 0 bridgehead atoms. The first-order chi connectivity index (χ1) is 10.6. The SMILES string of the molecule is Cc1ccc(N(CC(=O)NCCCN(C)C)S(C)(=O)=O)cc1C. The van der Waals surface area contributed by atoms with Gasteiger partial charge >= 0.3 is 0 Å². The summed E-state index contributed by atoms with van der Waals surface area (Å²) in [6, 6.07) is 5.37. The Morgan fingerprint density at radius 1 is 1.17 bits per heavy atom. The van der Waals surface area contributed by atoms with Crippen LogP contribution in [-0.4, -0.2) is 59.2 Å². The fourth-order valence-electron chi connectivity index (χ4n) is 2.09. The lowest BCUT2D eigenvalue weighted by atomic mass is 10.1. The van der Waals surface area contributed by atoms with Gasteiger partial charge in [0.2, 0.25) is 15.9 Å². The number of amides is 1. The fraction of sp³-hybridized carbons (Fsp3) is 0.562. The first-order valence-corrected chi connectivity index (χ1v) is 9.42. The predicted molar refractivity (Wildman–Crippen MR) is 94.3 cm³/mol. The summed E-state index contributed by atoms with van der Waals surface area (Å²) in [5, 5.41) is 2.76. The Morgan fingerprint density at radius 3 is 2.35 bits per heavy atom. The van der Waals surface area contributed by atoms with Crippen molar-refractivity contribution in [1.29, 1.82) is 0 Å². The van der Waals surface area contributed by atoms with E-state index < -0.39 is 10.0 Å². The van der Waals surface area contributed by atoms with Crippen molar-refractivity contribution < 1.29 is 13.2 Å². The lowest BCUT2D eigenvalue weighted by molar-refractivity contribution is -0.119. The van der Waals surface area contributed by atoms with Crippen LogP contribution in [0.5, 0.6) is 0 Å². The monoisotopic (exact) mass is 341 g/mol. The van der Waals surface area contributed by atoms with Gasteiger partial charge in [0.05, 0.1) is 11.9 Å². The number of carbonyl (C=O) groups is 1. The van der Waals surface area contributed by atoms with Crippen LogP contribution in [0.4, 0.5) is 5.69 Å². The lowest BCUT2D eigenvalue weighted by Crippen LogP contribution is -2.41. The van der Waals surface area contributed by atoms with Crippen LogP contribution in [0.25, 0.3) is 0 Å². The van der Waals surface area contributed by atoms with Crippen molar-refractivity contribution in [2.75, 3.05) is 44.3 Å². The highest BCUT2D eigenvalue weighted by Gasteiger charge is 2.20. The summed E-state index contributed by atoms with van der Waals surface area (Å²) in [4.78, 5) is 14.1. The van der Waals surface area contributed by atoms with Crippen molar-refractivity contribution in [1.82, 2.24) is 10.2 Å². The van der Waals surface area contributed by atoms with E-state index in [2.05, 4.69) is 5.32 Å². The molecule has 1 aromatic carbocycles. The minimum absolute atomic E-state index is 0.205. The van der Waals surface area contributed by atoms with Crippen LogP contribution in [0.1, 0.15) is 17.5 Å². The van der Waals surface area contributed by atoms with Crippen LogP contribution in [0.2, 0.25) is 0 Å².